The van der Waals surface area contributed by atoms with Crippen molar-refractivity contribution < 1.29 is 0 Å². The molecule has 19 heavy (non-hydrogen) atoms. The molecule has 104 valence electrons. The Morgan fingerprint density at radius 1 is 1.21 bits per heavy atom. The van der Waals surface area contributed by atoms with Crippen molar-refractivity contribution in [3.8, 4) is 0 Å². The number of benzene rings is 1. The van der Waals surface area contributed by atoms with Crippen LogP contribution in [0, 0.1) is 12.8 Å². The molecule has 0 unspecified atom stereocenters. The monoisotopic (exact) mass is 259 g/mol. The van der Waals surface area contributed by atoms with Crippen LogP contribution in [0.25, 0.3) is 11.0 Å². The third-order valence-electron chi connectivity index (χ3n) is 3.49. The fourth-order valence-corrected chi connectivity index (χ4v) is 2.43. The number of rotatable bonds is 7. The van der Waals surface area contributed by atoms with Crippen LogP contribution >= 0.6 is 0 Å². The molecule has 2 rings (SSSR count). The van der Waals surface area contributed by atoms with E-state index in [-0.39, 0.29) is 0 Å². The van der Waals surface area contributed by atoms with Gasteiger partial charge in [-0.3, -0.25) is 0 Å². The highest BCUT2D eigenvalue weighted by atomic mass is 15.1. The van der Waals surface area contributed by atoms with Crippen LogP contribution in [0.3, 0.4) is 0 Å². The number of imidazole rings is 1. The largest absolute Gasteiger partial charge is 0.327 e. The maximum atomic E-state index is 4.59. The molecule has 0 bridgehead atoms. The molecule has 1 N–H and O–H groups in total. The van der Waals surface area contributed by atoms with Gasteiger partial charge in [-0.25, -0.2) is 4.98 Å². The zero-order valence-corrected chi connectivity index (χ0v) is 12.3. The molecule has 0 amide bonds. The maximum Gasteiger partial charge on any atom is 0.106 e. The van der Waals surface area contributed by atoms with E-state index in [9.17, 15) is 0 Å². The molecule has 0 aliphatic carbocycles. The molecule has 0 saturated carbocycles. The molecule has 0 radical (unpaired) electrons. The van der Waals surface area contributed by atoms with Gasteiger partial charge in [0, 0.05) is 13.1 Å². The lowest BCUT2D eigenvalue weighted by molar-refractivity contribution is 0.515. The van der Waals surface area contributed by atoms with Gasteiger partial charge in [-0.05, 0) is 44.4 Å². The highest BCUT2D eigenvalue weighted by Gasteiger charge is 2.05. The Hall–Kier alpha value is -1.35. The first kappa shape index (κ1) is 14.1. The molecular weight excluding hydrogens is 234 g/mol. The molecular formula is C16H25N3. The second kappa shape index (κ2) is 6.71. The van der Waals surface area contributed by atoms with Crippen molar-refractivity contribution in [1.82, 2.24) is 14.9 Å². The summed E-state index contributed by atoms with van der Waals surface area (Å²) in [5, 5.41) is 3.52. The number of para-hydroxylation sites is 2. The first-order valence-electron chi connectivity index (χ1n) is 7.31. The van der Waals surface area contributed by atoms with Crippen LogP contribution in [0.15, 0.2) is 24.3 Å². The summed E-state index contributed by atoms with van der Waals surface area (Å²) in [5.41, 5.74) is 2.34. The minimum Gasteiger partial charge on any atom is -0.327 e. The van der Waals surface area contributed by atoms with E-state index in [1.807, 2.05) is 6.07 Å². The molecule has 1 heterocycles. The zero-order valence-electron chi connectivity index (χ0n) is 12.3. The van der Waals surface area contributed by atoms with E-state index in [0.717, 1.165) is 36.9 Å². The van der Waals surface area contributed by atoms with Gasteiger partial charge in [0.15, 0.2) is 0 Å². The molecule has 0 fully saturated rings. The van der Waals surface area contributed by atoms with E-state index in [4.69, 9.17) is 0 Å². The molecule has 1 aromatic heterocycles. The minimum atomic E-state index is 0.807. The quantitative estimate of drug-likeness (QED) is 0.773. The van der Waals surface area contributed by atoms with Crippen molar-refractivity contribution in [1.29, 1.82) is 0 Å². The minimum absolute atomic E-state index is 0.807. The number of hydrogen-bond donors (Lipinski definition) is 1. The maximum absolute atomic E-state index is 4.59. The van der Waals surface area contributed by atoms with Crippen LogP contribution < -0.4 is 5.32 Å². The number of aromatic nitrogens is 2. The van der Waals surface area contributed by atoms with Gasteiger partial charge >= 0.3 is 0 Å². The van der Waals surface area contributed by atoms with E-state index < -0.39 is 0 Å². The Morgan fingerprint density at radius 3 is 2.79 bits per heavy atom. The first-order valence-corrected chi connectivity index (χ1v) is 7.31. The Bertz CT molecular complexity index is 514. The molecule has 1 aromatic carbocycles. The van der Waals surface area contributed by atoms with Gasteiger partial charge in [-0.15, -0.1) is 0 Å². The summed E-state index contributed by atoms with van der Waals surface area (Å²) in [5.74, 6) is 1.91. The zero-order chi connectivity index (χ0) is 13.7. The number of aryl methyl sites for hydroxylation is 1. The first-order chi connectivity index (χ1) is 9.18. The molecule has 0 atom stereocenters. The third-order valence-corrected chi connectivity index (χ3v) is 3.49. The number of nitrogens with zero attached hydrogens (tertiary/aromatic N) is 2. The average molecular weight is 259 g/mol. The fourth-order valence-electron chi connectivity index (χ4n) is 2.43. The second-order valence-electron chi connectivity index (χ2n) is 5.59. The predicted molar refractivity (Wildman–Crippen MR) is 81.4 cm³/mol. The van der Waals surface area contributed by atoms with Gasteiger partial charge in [-0.1, -0.05) is 26.0 Å². The Balaban J connectivity index is 1.83. The number of hydrogen-bond acceptors (Lipinski definition) is 2. The number of fused-ring (bicyclic) bond motifs is 1. The Morgan fingerprint density at radius 2 is 2.00 bits per heavy atom. The second-order valence-corrected chi connectivity index (χ2v) is 5.59. The molecule has 3 nitrogen and oxygen atoms in total. The van der Waals surface area contributed by atoms with Gasteiger partial charge in [-0.2, -0.15) is 0 Å². The van der Waals surface area contributed by atoms with Gasteiger partial charge in [0.1, 0.15) is 5.82 Å². The average Bonchev–Trinajstić information content (AvgIpc) is 2.69. The lowest BCUT2D eigenvalue weighted by Gasteiger charge is -2.09. The summed E-state index contributed by atoms with van der Waals surface area (Å²) < 4.78 is 2.30. The van der Waals surface area contributed by atoms with E-state index in [1.54, 1.807) is 0 Å². The summed E-state index contributed by atoms with van der Waals surface area (Å²) in [6.45, 7) is 9.76. The van der Waals surface area contributed by atoms with Crippen molar-refractivity contribution >= 4 is 11.0 Å². The fraction of sp³-hybridized carbons (Fsp3) is 0.562. The van der Waals surface area contributed by atoms with Crippen LogP contribution in [-0.4, -0.2) is 22.6 Å². The van der Waals surface area contributed by atoms with Gasteiger partial charge in [0.05, 0.1) is 11.0 Å². The van der Waals surface area contributed by atoms with Crippen LogP contribution in [-0.2, 0) is 6.54 Å². The Labute approximate surface area is 116 Å². The molecule has 0 saturated heterocycles. The topological polar surface area (TPSA) is 29.9 Å². The van der Waals surface area contributed by atoms with E-state index in [0.29, 0.717) is 0 Å². The van der Waals surface area contributed by atoms with Crippen LogP contribution in [0.4, 0.5) is 0 Å². The van der Waals surface area contributed by atoms with Gasteiger partial charge in [0.2, 0.25) is 0 Å². The summed E-state index contributed by atoms with van der Waals surface area (Å²) in [6.07, 6.45) is 2.57. The third kappa shape index (κ3) is 3.80. The van der Waals surface area contributed by atoms with Crippen molar-refractivity contribution in [2.75, 3.05) is 13.1 Å². The van der Waals surface area contributed by atoms with Gasteiger partial charge in [0.25, 0.3) is 0 Å². The molecule has 0 aliphatic rings. The molecule has 2 aromatic rings. The van der Waals surface area contributed by atoms with E-state index >= 15 is 0 Å². The van der Waals surface area contributed by atoms with Crippen molar-refractivity contribution in [3.63, 3.8) is 0 Å². The highest BCUT2D eigenvalue weighted by Crippen LogP contribution is 2.14. The van der Waals surface area contributed by atoms with Crippen molar-refractivity contribution in [2.45, 2.75) is 40.2 Å². The number of nitrogens with one attached hydrogen (secondary N) is 1. The normalized spacial score (nSPS) is 11.6. The molecule has 0 spiro atoms. The SMILES string of the molecule is Cc1nc2ccccc2n1CCNCCCC(C)C. The van der Waals surface area contributed by atoms with Gasteiger partial charge < -0.3 is 9.88 Å². The van der Waals surface area contributed by atoms with Crippen LogP contribution in [0.2, 0.25) is 0 Å². The summed E-state index contributed by atoms with van der Waals surface area (Å²) in [7, 11) is 0. The van der Waals surface area contributed by atoms with Crippen LogP contribution in [0.5, 0.6) is 0 Å². The van der Waals surface area contributed by atoms with E-state index in [1.165, 1.54) is 18.4 Å². The van der Waals surface area contributed by atoms with Crippen molar-refractivity contribution in [2.24, 2.45) is 5.92 Å². The van der Waals surface area contributed by atoms with E-state index in [2.05, 4.69) is 53.8 Å². The van der Waals surface area contributed by atoms with Crippen molar-refractivity contribution in [3.05, 3.63) is 30.1 Å². The summed E-state index contributed by atoms with van der Waals surface area (Å²) >= 11 is 0. The summed E-state index contributed by atoms with van der Waals surface area (Å²) in [6, 6.07) is 8.35. The standard InChI is InChI=1S/C16H25N3/c1-13(2)7-6-10-17-11-12-19-14(3)18-15-8-4-5-9-16(15)19/h4-5,8-9,13,17H,6-7,10-12H2,1-3H3. The highest BCUT2D eigenvalue weighted by molar-refractivity contribution is 5.75. The Kier molecular flexibility index (Phi) is 4.97. The molecule has 0 aliphatic heterocycles. The predicted octanol–water partition coefficient (Wildman–Crippen LogP) is 3.37. The molecule has 3 heteroatoms. The summed E-state index contributed by atoms with van der Waals surface area (Å²) in [4.78, 5) is 4.59. The lowest BCUT2D eigenvalue weighted by atomic mass is 10.1. The lowest BCUT2D eigenvalue weighted by Crippen LogP contribution is -2.21. The van der Waals surface area contributed by atoms with Crippen LogP contribution in [0.1, 0.15) is 32.5 Å². The smallest absolute Gasteiger partial charge is 0.106 e.